The summed E-state index contributed by atoms with van der Waals surface area (Å²) in [7, 11) is 0. The van der Waals surface area contributed by atoms with Crippen LogP contribution < -0.4 is 5.73 Å². The van der Waals surface area contributed by atoms with Gasteiger partial charge in [-0.05, 0) is 28.8 Å². The van der Waals surface area contributed by atoms with Gasteiger partial charge in [0.15, 0.2) is 5.17 Å². The maximum absolute atomic E-state index is 13.0. The molecule has 0 spiro atoms. The molecule has 0 bridgehead atoms. The van der Waals surface area contributed by atoms with E-state index in [1.165, 1.54) is 24.0 Å². The highest BCUT2D eigenvalue weighted by Crippen LogP contribution is 2.32. The van der Waals surface area contributed by atoms with E-state index in [2.05, 4.69) is 10.2 Å². The zero-order valence-corrected chi connectivity index (χ0v) is 16.1. The van der Waals surface area contributed by atoms with Gasteiger partial charge >= 0.3 is 6.18 Å². The fraction of sp³-hybridized carbons (Fsp3) is 0.0909. The lowest BCUT2D eigenvalue weighted by Gasteiger charge is -2.10. The molecule has 0 aliphatic rings. The lowest BCUT2D eigenvalue weighted by atomic mass is 9.98. The average Bonchev–Trinajstić information content (AvgIpc) is 2.73. The Morgan fingerprint density at radius 3 is 2.41 bits per heavy atom. The Bertz CT molecular complexity index is 1020. The Hall–Kier alpha value is -3.06. The summed E-state index contributed by atoms with van der Waals surface area (Å²) in [5.41, 5.74) is 8.04. The molecular formula is C22H18F3N3S. The zero-order valence-electron chi connectivity index (χ0n) is 15.3. The summed E-state index contributed by atoms with van der Waals surface area (Å²) in [5, 5.41) is 8.29. The lowest BCUT2D eigenvalue weighted by molar-refractivity contribution is -0.137. The molecule has 0 aliphatic carbocycles. The minimum atomic E-state index is -4.40. The number of rotatable bonds is 5. The number of benzene rings is 3. The number of hydrogen-bond donors (Lipinski definition) is 1. The number of alkyl halides is 3. The number of nitrogens with two attached hydrogens (primary N) is 1. The van der Waals surface area contributed by atoms with Gasteiger partial charge < -0.3 is 5.73 Å². The van der Waals surface area contributed by atoms with Crippen molar-refractivity contribution in [2.24, 2.45) is 15.9 Å². The number of halogens is 3. The van der Waals surface area contributed by atoms with E-state index in [4.69, 9.17) is 5.73 Å². The van der Waals surface area contributed by atoms with E-state index in [0.717, 1.165) is 17.7 Å². The van der Waals surface area contributed by atoms with Crippen molar-refractivity contribution in [2.45, 2.75) is 11.9 Å². The molecule has 0 atom stereocenters. The van der Waals surface area contributed by atoms with Gasteiger partial charge in [-0.15, -0.1) is 5.10 Å². The molecule has 0 fully saturated rings. The molecule has 3 rings (SSSR count). The first-order valence-electron chi connectivity index (χ1n) is 8.73. The van der Waals surface area contributed by atoms with Crippen LogP contribution >= 0.6 is 11.8 Å². The van der Waals surface area contributed by atoms with Crippen LogP contribution in [0.4, 0.5) is 13.2 Å². The topological polar surface area (TPSA) is 50.7 Å². The van der Waals surface area contributed by atoms with Crippen molar-refractivity contribution in [3.8, 4) is 11.1 Å². The molecule has 3 aromatic rings. The molecule has 0 amide bonds. The van der Waals surface area contributed by atoms with Crippen LogP contribution in [0, 0.1) is 0 Å². The highest BCUT2D eigenvalue weighted by atomic mass is 32.2. The summed E-state index contributed by atoms with van der Waals surface area (Å²) in [4.78, 5) is 0. The van der Waals surface area contributed by atoms with Crippen molar-refractivity contribution in [2.75, 3.05) is 0 Å². The Balaban J connectivity index is 1.75. The Morgan fingerprint density at radius 2 is 1.66 bits per heavy atom. The van der Waals surface area contributed by atoms with Crippen molar-refractivity contribution in [3.05, 3.63) is 95.6 Å². The van der Waals surface area contributed by atoms with Crippen molar-refractivity contribution in [3.63, 3.8) is 0 Å². The van der Waals surface area contributed by atoms with Crippen molar-refractivity contribution < 1.29 is 13.2 Å². The Kier molecular flexibility index (Phi) is 6.72. The second-order valence-electron chi connectivity index (χ2n) is 6.12. The zero-order chi connectivity index (χ0) is 20.7. The van der Waals surface area contributed by atoms with E-state index in [-0.39, 0.29) is 0 Å². The van der Waals surface area contributed by atoms with Gasteiger partial charge in [0.25, 0.3) is 0 Å². The maximum atomic E-state index is 13.0. The van der Waals surface area contributed by atoms with Gasteiger partial charge in [-0.1, -0.05) is 78.5 Å². The van der Waals surface area contributed by atoms with Gasteiger partial charge in [0.1, 0.15) is 0 Å². The van der Waals surface area contributed by atoms with Gasteiger partial charge in [0, 0.05) is 11.3 Å². The maximum Gasteiger partial charge on any atom is 0.416 e. The number of thioether (sulfide) groups is 1. The van der Waals surface area contributed by atoms with Crippen molar-refractivity contribution in [1.82, 2.24) is 0 Å². The first-order valence-corrected chi connectivity index (χ1v) is 9.72. The molecule has 0 heterocycles. The molecule has 0 saturated carbocycles. The van der Waals surface area contributed by atoms with E-state index in [9.17, 15) is 13.2 Å². The molecule has 0 aliphatic heterocycles. The molecule has 0 radical (unpaired) electrons. The molecule has 29 heavy (non-hydrogen) atoms. The SMILES string of the molecule is NC(=NN=Cc1ccccc1-c1cccc(C(F)(F)F)c1)SCc1ccccc1. The summed E-state index contributed by atoms with van der Waals surface area (Å²) in [6.45, 7) is 0. The highest BCUT2D eigenvalue weighted by molar-refractivity contribution is 8.13. The van der Waals surface area contributed by atoms with Crippen LogP contribution in [0.15, 0.2) is 89.1 Å². The fourth-order valence-corrected chi connectivity index (χ4v) is 3.26. The van der Waals surface area contributed by atoms with Gasteiger partial charge in [0.05, 0.1) is 11.8 Å². The number of amidine groups is 1. The molecule has 0 unspecified atom stereocenters. The van der Waals surface area contributed by atoms with E-state index < -0.39 is 11.7 Å². The summed E-state index contributed by atoms with van der Waals surface area (Å²) in [6.07, 6.45) is -2.90. The van der Waals surface area contributed by atoms with Gasteiger partial charge in [0.2, 0.25) is 0 Å². The normalized spacial score (nSPS) is 12.4. The standard InChI is InChI=1S/C22H18F3N3S/c23-22(24,25)19-11-6-10-17(13-19)20-12-5-4-9-18(20)14-27-28-21(26)29-15-16-7-2-1-3-8-16/h1-14H,15H2,(H2,26,28). The van der Waals surface area contributed by atoms with Crippen molar-refractivity contribution >= 4 is 23.1 Å². The van der Waals surface area contributed by atoms with Crippen LogP contribution in [0.1, 0.15) is 16.7 Å². The lowest BCUT2D eigenvalue weighted by Crippen LogP contribution is -2.06. The predicted octanol–water partition coefficient (Wildman–Crippen LogP) is 5.95. The van der Waals surface area contributed by atoms with Crippen LogP contribution in [-0.4, -0.2) is 11.4 Å². The largest absolute Gasteiger partial charge is 0.416 e. The van der Waals surface area contributed by atoms with Crippen LogP contribution in [-0.2, 0) is 11.9 Å². The van der Waals surface area contributed by atoms with Crippen LogP contribution in [0.25, 0.3) is 11.1 Å². The number of hydrogen-bond acceptors (Lipinski definition) is 3. The minimum absolute atomic E-state index is 0.307. The molecule has 0 aromatic heterocycles. The smallest absolute Gasteiger partial charge is 0.377 e. The van der Waals surface area contributed by atoms with Crippen LogP contribution in [0.2, 0.25) is 0 Å². The summed E-state index contributed by atoms with van der Waals surface area (Å²) in [6, 6.07) is 22.1. The van der Waals surface area contributed by atoms with E-state index in [0.29, 0.717) is 27.6 Å². The van der Waals surface area contributed by atoms with Gasteiger partial charge in [-0.25, -0.2) is 0 Å². The van der Waals surface area contributed by atoms with Gasteiger partial charge in [-0.2, -0.15) is 18.3 Å². The fourth-order valence-electron chi connectivity index (χ4n) is 2.64. The Labute approximate surface area is 171 Å². The van der Waals surface area contributed by atoms with E-state index >= 15 is 0 Å². The summed E-state index contributed by atoms with van der Waals surface area (Å²) in [5.74, 6) is 0.673. The van der Waals surface area contributed by atoms with Crippen LogP contribution in [0.5, 0.6) is 0 Å². The van der Waals surface area contributed by atoms with E-state index in [1.807, 2.05) is 30.3 Å². The molecule has 0 saturated heterocycles. The third-order valence-electron chi connectivity index (χ3n) is 4.04. The monoisotopic (exact) mass is 413 g/mol. The summed E-state index contributed by atoms with van der Waals surface area (Å²) < 4.78 is 39.0. The van der Waals surface area contributed by atoms with Crippen molar-refractivity contribution in [1.29, 1.82) is 0 Å². The predicted molar refractivity (Wildman–Crippen MR) is 114 cm³/mol. The molecule has 148 valence electrons. The first kappa shape index (κ1) is 20.7. The third kappa shape index (κ3) is 5.96. The average molecular weight is 413 g/mol. The summed E-state index contributed by atoms with van der Waals surface area (Å²) >= 11 is 1.36. The molecule has 3 aromatic carbocycles. The molecular weight excluding hydrogens is 395 g/mol. The third-order valence-corrected chi connectivity index (χ3v) is 4.90. The van der Waals surface area contributed by atoms with Crippen LogP contribution in [0.3, 0.4) is 0 Å². The first-order chi connectivity index (χ1) is 13.9. The van der Waals surface area contributed by atoms with E-state index in [1.54, 1.807) is 30.3 Å². The van der Waals surface area contributed by atoms with Gasteiger partial charge in [-0.3, -0.25) is 0 Å². The molecule has 3 nitrogen and oxygen atoms in total. The second kappa shape index (κ2) is 9.43. The minimum Gasteiger partial charge on any atom is -0.377 e. The second-order valence-corrected chi connectivity index (χ2v) is 7.12. The molecule has 7 heteroatoms. The quantitative estimate of drug-likeness (QED) is 0.319. The highest BCUT2D eigenvalue weighted by Gasteiger charge is 2.30. The Morgan fingerprint density at radius 1 is 0.931 bits per heavy atom. The number of nitrogens with zero attached hydrogens (tertiary/aromatic N) is 2. The molecule has 2 N–H and O–H groups in total.